The first kappa shape index (κ1) is 11.2. The van der Waals surface area contributed by atoms with E-state index in [9.17, 15) is 9.59 Å². The van der Waals surface area contributed by atoms with Crippen LogP contribution in [-0.2, 0) is 9.53 Å². The second-order valence-electron chi connectivity index (χ2n) is 2.89. The normalized spacial score (nSPS) is 9.67. The number of primary amides is 1. The van der Waals surface area contributed by atoms with Gasteiger partial charge in [-0.05, 0) is 12.1 Å². The molecule has 0 unspecified atom stereocenters. The molecule has 0 radical (unpaired) electrons. The van der Waals surface area contributed by atoms with Crippen molar-refractivity contribution >= 4 is 17.5 Å². The van der Waals surface area contributed by atoms with Crippen LogP contribution in [0, 0.1) is 0 Å². The van der Waals surface area contributed by atoms with E-state index in [1.54, 1.807) is 24.3 Å². The zero-order valence-electron chi connectivity index (χ0n) is 8.32. The van der Waals surface area contributed by atoms with Crippen LogP contribution in [0.25, 0.3) is 0 Å². The van der Waals surface area contributed by atoms with Crippen LogP contribution in [0.2, 0.25) is 0 Å². The Bertz CT molecular complexity index is 377. The van der Waals surface area contributed by atoms with Gasteiger partial charge in [0.15, 0.2) is 0 Å². The fraction of sp³-hybridized carbons (Fsp3) is 0.200. The van der Waals surface area contributed by atoms with E-state index in [2.05, 4.69) is 10.1 Å². The number of para-hydroxylation sites is 1. The molecule has 5 nitrogen and oxygen atoms in total. The lowest BCUT2D eigenvalue weighted by atomic mass is 10.1. The standard InChI is InChI=1S/C10H12N2O3/c1-15-6-9(13)12-8-5-3-2-4-7(8)10(11)14/h2-5H,6H2,1H3,(H2,11,14)(H,12,13). The summed E-state index contributed by atoms with van der Waals surface area (Å²) in [4.78, 5) is 22.2. The minimum Gasteiger partial charge on any atom is -0.375 e. The predicted octanol–water partition coefficient (Wildman–Crippen LogP) is 0.370. The van der Waals surface area contributed by atoms with Crippen LogP contribution < -0.4 is 11.1 Å². The summed E-state index contributed by atoms with van der Waals surface area (Å²) < 4.78 is 4.65. The Morgan fingerprint density at radius 1 is 1.40 bits per heavy atom. The molecule has 0 aromatic heterocycles. The number of nitrogens with one attached hydrogen (secondary N) is 1. The smallest absolute Gasteiger partial charge is 0.250 e. The topological polar surface area (TPSA) is 81.4 Å². The maximum absolute atomic E-state index is 11.2. The Labute approximate surface area is 87.2 Å². The second kappa shape index (κ2) is 5.11. The van der Waals surface area contributed by atoms with Crippen molar-refractivity contribution in [3.8, 4) is 0 Å². The number of carbonyl (C=O) groups excluding carboxylic acids is 2. The number of ether oxygens (including phenoxy) is 1. The molecule has 80 valence electrons. The summed E-state index contributed by atoms with van der Waals surface area (Å²) in [6, 6.07) is 6.53. The van der Waals surface area contributed by atoms with Gasteiger partial charge in [-0.2, -0.15) is 0 Å². The van der Waals surface area contributed by atoms with Crippen LogP contribution in [0.1, 0.15) is 10.4 Å². The molecule has 15 heavy (non-hydrogen) atoms. The molecule has 5 heteroatoms. The van der Waals surface area contributed by atoms with Gasteiger partial charge in [-0.3, -0.25) is 9.59 Å². The molecule has 0 aliphatic rings. The monoisotopic (exact) mass is 208 g/mol. The maximum atomic E-state index is 11.2. The molecule has 0 fully saturated rings. The van der Waals surface area contributed by atoms with Crippen molar-refractivity contribution in [3.05, 3.63) is 29.8 Å². The Morgan fingerprint density at radius 3 is 2.67 bits per heavy atom. The molecular formula is C10H12N2O3. The highest BCUT2D eigenvalue weighted by atomic mass is 16.5. The summed E-state index contributed by atoms with van der Waals surface area (Å²) in [5.74, 6) is -0.908. The Hall–Kier alpha value is -1.88. The molecule has 0 heterocycles. The minimum absolute atomic E-state index is 0.0624. The highest BCUT2D eigenvalue weighted by Gasteiger charge is 2.09. The van der Waals surface area contributed by atoms with Gasteiger partial charge >= 0.3 is 0 Å². The summed E-state index contributed by atoms with van der Waals surface area (Å²) in [6.45, 7) is -0.0624. The molecule has 0 aliphatic carbocycles. The van der Waals surface area contributed by atoms with Crippen LogP contribution >= 0.6 is 0 Å². The van der Waals surface area contributed by atoms with Crippen molar-refractivity contribution in [1.29, 1.82) is 0 Å². The molecule has 1 aromatic rings. The van der Waals surface area contributed by atoms with E-state index in [1.807, 2.05) is 0 Å². The van der Waals surface area contributed by atoms with Crippen LogP contribution in [0.15, 0.2) is 24.3 Å². The van der Waals surface area contributed by atoms with E-state index in [0.717, 1.165) is 0 Å². The van der Waals surface area contributed by atoms with Crippen molar-refractivity contribution in [2.45, 2.75) is 0 Å². The van der Waals surface area contributed by atoms with E-state index >= 15 is 0 Å². The number of nitrogens with two attached hydrogens (primary N) is 1. The zero-order valence-corrected chi connectivity index (χ0v) is 8.32. The second-order valence-corrected chi connectivity index (χ2v) is 2.89. The van der Waals surface area contributed by atoms with E-state index in [1.165, 1.54) is 7.11 Å². The van der Waals surface area contributed by atoms with Crippen molar-refractivity contribution in [2.75, 3.05) is 19.0 Å². The molecule has 0 spiro atoms. The number of hydrogen-bond donors (Lipinski definition) is 2. The quantitative estimate of drug-likeness (QED) is 0.750. The SMILES string of the molecule is COCC(=O)Nc1ccccc1C(N)=O. The predicted molar refractivity (Wildman–Crippen MR) is 55.5 cm³/mol. The third-order valence-electron chi connectivity index (χ3n) is 1.74. The zero-order chi connectivity index (χ0) is 11.3. The average Bonchev–Trinajstić information content (AvgIpc) is 2.18. The van der Waals surface area contributed by atoms with Crippen molar-refractivity contribution in [2.24, 2.45) is 5.73 Å². The fourth-order valence-corrected chi connectivity index (χ4v) is 1.12. The number of carbonyl (C=O) groups is 2. The molecule has 0 atom stereocenters. The number of benzene rings is 1. The number of rotatable bonds is 4. The van der Waals surface area contributed by atoms with Gasteiger partial charge in [0, 0.05) is 7.11 Å². The van der Waals surface area contributed by atoms with Crippen molar-refractivity contribution < 1.29 is 14.3 Å². The van der Waals surface area contributed by atoms with E-state index in [-0.39, 0.29) is 18.1 Å². The van der Waals surface area contributed by atoms with Gasteiger partial charge in [0.1, 0.15) is 6.61 Å². The molecule has 1 aromatic carbocycles. The molecule has 0 aliphatic heterocycles. The summed E-state index contributed by atoms with van der Waals surface area (Å²) in [5, 5.41) is 2.53. The first-order valence-electron chi connectivity index (χ1n) is 4.32. The summed E-state index contributed by atoms with van der Waals surface area (Å²) >= 11 is 0. The maximum Gasteiger partial charge on any atom is 0.250 e. The molecule has 0 saturated carbocycles. The highest BCUT2D eigenvalue weighted by molar-refractivity contribution is 6.03. The largest absolute Gasteiger partial charge is 0.375 e. The number of methoxy groups -OCH3 is 1. The number of hydrogen-bond acceptors (Lipinski definition) is 3. The van der Waals surface area contributed by atoms with Crippen molar-refractivity contribution in [3.63, 3.8) is 0 Å². The third kappa shape index (κ3) is 3.07. The molecule has 0 bridgehead atoms. The highest BCUT2D eigenvalue weighted by Crippen LogP contribution is 2.13. The Kier molecular flexibility index (Phi) is 3.82. The van der Waals surface area contributed by atoms with Gasteiger partial charge in [-0.15, -0.1) is 0 Å². The van der Waals surface area contributed by atoms with E-state index in [0.29, 0.717) is 5.69 Å². The Balaban J connectivity index is 2.84. The van der Waals surface area contributed by atoms with E-state index in [4.69, 9.17) is 5.73 Å². The third-order valence-corrected chi connectivity index (χ3v) is 1.74. The van der Waals surface area contributed by atoms with Gasteiger partial charge in [-0.25, -0.2) is 0 Å². The van der Waals surface area contributed by atoms with Gasteiger partial charge < -0.3 is 15.8 Å². The van der Waals surface area contributed by atoms with Gasteiger partial charge in [0.2, 0.25) is 5.91 Å². The molecular weight excluding hydrogens is 196 g/mol. The lowest BCUT2D eigenvalue weighted by molar-refractivity contribution is -0.119. The minimum atomic E-state index is -0.580. The van der Waals surface area contributed by atoms with Crippen LogP contribution in [0.3, 0.4) is 0 Å². The van der Waals surface area contributed by atoms with Crippen LogP contribution in [0.5, 0.6) is 0 Å². The summed E-state index contributed by atoms with van der Waals surface area (Å²) in [6.07, 6.45) is 0. The van der Waals surface area contributed by atoms with Gasteiger partial charge in [0.05, 0.1) is 11.3 Å². The molecule has 3 N–H and O–H groups in total. The van der Waals surface area contributed by atoms with Gasteiger partial charge in [-0.1, -0.05) is 12.1 Å². The lowest BCUT2D eigenvalue weighted by Crippen LogP contribution is -2.20. The number of anilines is 1. The first-order valence-corrected chi connectivity index (χ1v) is 4.32. The van der Waals surface area contributed by atoms with E-state index < -0.39 is 5.91 Å². The molecule has 1 rings (SSSR count). The summed E-state index contributed by atoms with van der Waals surface area (Å²) in [5.41, 5.74) is 5.82. The Morgan fingerprint density at radius 2 is 2.07 bits per heavy atom. The first-order chi connectivity index (χ1) is 7.15. The van der Waals surface area contributed by atoms with Crippen molar-refractivity contribution in [1.82, 2.24) is 0 Å². The lowest BCUT2D eigenvalue weighted by Gasteiger charge is -2.07. The van der Waals surface area contributed by atoms with Crippen LogP contribution in [-0.4, -0.2) is 25.5 Å². The fourth-order valence-electron chi connectivity index (χ4n) is 1.12. The van der Waals surface area contributed by atoms with Gasteiger partial charge in [0.25, 0.3) is 5.91 Å². The van der Waals surface area contributed by atoms with Crippen LogP contribution in [0.4, 0.5) is 5.69 Å². The summed E-state index contributed by atoms with van der Waals surface area (Å²) in [7, 11) is 1.42. The molecule has 2 amide bonds. The average molecular weight is 208 g/mol. The number of amides is 2. The molecule has 0 saturated heterocycles.